The summed E-state index contributed by atoms with van der Waals surface area (Å²) in [5, 5.41) is 2.52. The molecule has 1 nitrogen and oxygen atoms in total. The Bertz CT molecular complexity index is 357. The van der Waals surface area contributed by atoms with Gasteiger partial charge in [0.2, 0.25) is 0 Å². The van der Waals surface area contributed by atoms with Crippen molar-refractivity contribution in [3.8, 4) is 0 Å². The number of hydrogen-bond acceptors (Lipinski definition) is 1. The van der Waals surface area contributed by atoms with Gasteiger partial charge in [0.05, 0.1) is 0 Å². The first-order valence-corrected chi connectivity index (χ1v) is 5.38. The van der Waals surface area contributed by atoms with Crippen LogP contribution in [-0.4, -0.2) is 12.2 Å². The molecular formula is C13H16F3N. The first kappa shape index (κ1) is 13.8. The van der Waals surface area contributed by atoms with E-state index in [4.69, 9.17) is 0 Å². The molecule has 1 aromatic carbocycles. The number of nitrogens with one attached hydrogen (secondary N) is 1. The molecule has 0 radical (unpaired) electrons. The van der Waals surface area contributed by atoms with Crippen LogP contribution in [-0.2, 0) is 6.54 Å². The third-order valence-electron chi connectivity index (χ3n) is 2.34. The minimum Gasteiger partial charge on any atom is -0.302 e. The molecule has 0 amide bonds. The van der Waals surface area contributed by atoms with E-state index >= 15 is 0 Å². The van der Waals surface area contributed by atoms with Gasteiger partial charge in [-0.3, -0.25) is 0 Å². The Balaban J connectivity index is 2.59. The van der Waals surface area contributed by atoms with E-state index in [-0.39, 0.29) is 13.0 Å². The molecule has 17 heavy (non-hydrogen) atoms. The Morgan fingerprint density at radius 3 is 2.35 bits per heavy atom. The minimum atomic E-state index is -4.24. The molecule has 94 valence electrons. The van der Waals surface area contributed by atoms with Crippen LogP contribution in [0.5, 0.6) is 0 Å². The van der Waals surface area contributed by atoms with Gasteiger partial charge in [-0.15, -0.1) is 6.58 Å². The molecule has 1 unspecified atom stereocenters. The summed E-state index contributed by atoms with van der Waals surface area (Å²) < 4.78 is 38.0. The quantitative estimate of drug-likeness (QED) is 0.778. The lowest BCUT2D eigenvalue weighted by molar-refractivity contribution is -0.155. The maximum atomic E-state index is 12.7. The lowest BCUT2D eigenvalue weighted by Gasteiger charge is -2.21. The summed E-state index contributed by atoms with van der Waals surface area (Å²) in [6, 6.07) is 7.50. The standard InChI is InChI=1S/C13H16F3N/c1-10(2)8-12(13(14,15)16)17-9-11-6-4-3-5-7-11/h3-7,12,17H,1,8-9H2,2H3. The molecule has 0 aliphatic heterocycles. The Hall–Kier alpha value is -1.29. The van der Waals surface area contributed by atoms with Crippen molar-refractivity contribution in [3.05, 3.63) is 48.0 Å². The largest absolute Gasteiger partial charge is 0.404 e. The topological polar surface area (TPSA) is 12.0 Å². The van der Waals surface area contributed by atoms with E-state index in [0.717, 1.165) is 5.56 Å². The van der Waals surface area contributed by atoms with Gasteiger partial charge in [0.25, 0.3) is 0 Å². The van der Waals surface area contributed by atoms with Crippen molar-refractivity contribution in [1.29, 1.82) is 0 Å². The van der Waals surface area contributed by atoms with Gasteiger partial charge in [0.1, 0.15) is 6.04 Å². The molecule has 4 heteroatoms. The van der Waals surface area contributed by atoms with Crippen molar-refractivity contribution < 1.29 is 13.2 Å². The summed E-state index contributed by atoms with van der Waals surface area (Å²) >= 11 is 0. The van der Waals surface area contributed by atoms with Gasteiger partial charge < -0.3 is 5.32 Å². The van der Waals surface area contributed by atoms with Crippen LogP contribution in [0.2, 0.25) is 0 Å². The first-order valence-electron chi connectivity index (χ1n) is 5.38. The fourth-order valence-corrected chi connectivity index (χ4v) is 1.49. The fourth-order valence-electron chi connectivity index (χ4n) is 1.49. The molecule has 1 atom stereocenters. The van der Waals surface area contributed by atoms with E-state index in [9.17, 15) is 13.2 Å². The highest BCUT2D eigenvalue weighted by Gasteiger charge is 2.38. The van der Waals surface area contributed by atoms with Gasteiger partial charge in [-0.25, -0.2) is 0 Å². The zero-order valence-corrected chi connectivity index (χ0v) is 9.72. The maximum absolute atomic E-state index is 12.7. The monoisotopic (exact) mass is 243 g/mol. The third-order valence-corrected chi connectivity index (χ3v) is 2.34. The van der Waals surface area contributed by atoms with Crippen LogP contribution in [0, 0.1) is 0 Å². The molecule has 1 aromatic rings. The average molecular weight is 243 g/mol. The molecule has 0 spiro atoms. The molecule has 0 aromatic heterocycles. The molecule has 0 bridgehead atoms. The first-order chi connectivity index (χ1) is 7.89. The third kappa shape index (κ3) is 5.04. The second-order valence-electron chi connectivity index (χ2n) is 4.12. The predicted molar refractivity (Wildman–Crippen MR) is 62.6 cm³/mol. The Kier molecular flexibility index (Phi) is 4.75. The Morgan fingerprint density at radius 1 is 1.29 bits per heavy atom. The van der Waals surface area contributed by atoms with E-state index in [2.05, 4.69) is 11.9 Å². The van der Waals surface area contributed by atoms with Crippen LogP contribution < -0.4 is 5.32 Å². The number of hydrogen-bond donors (Lipinski definition) is 1. The van der Waals surface area contributed by atoms with Gasteiger partial charge >= 0.3 is 6.18 Å². The molecule has 0 saturated carbocycles. The maximum Gasteiger partial charge on any atom is 0.404 e. The van der Waals surface area contributed by atoms with Gasteiger partial charge in [-0.05, 0) is 18.9 Å². The predicted octanol–water partition coefficient (Wildman–Crippen LogP) is 3.67. The smallest absolute Gasteiger partial charge is 0.302 e. The van der Waals surface area contributed by atoms with E-state index in [1.165, 1.54) is 0 Å². The molecule has 0 aliphatic carbocycles. The highest BCUT2D eigenvalue weighted by Crippen LogP contribution is 2.24. The second kappa shape index (κ2) is 5.87. The van der Waals surface area contributed by atoms with E-state index in [0.29, 0.717) is 5.57 Å². The summed E-state index contributed by atoms with van der Waals surface area (Å²) in [4.78, 5) is 0. The number of benzene rings is 1. The van der Waals surface area contributed by atoms with Crippen molar-refractivity contribution >= 4 is 0 Å². The SMILES string of the molecule is C=C(C)CC(NCc1ccccc1)C(F)(F)F. The number of alkyl halides is 3. The van der Waals surface area contributed by atoms with Gasteiger partial charge in [0.15, 0.2) is 0 Å². The van der Waals surface area contributed by atoms with Crippen LogP contribution in [0.25, 0.3) is 0 Å². The molecule has 0 saturated heterocycles. The van der Waals surface area contributed by atoms with E-state index < -0.39 is 12.2 Å². The van der Waals surface area contributed by atoms with Crippen molar-refractivity contribution in [2.24, 2.45) is 0 Å². The van der Waals surface area contributed by atoms with Crippen LogP contribution in [0.15, 0.2) is 42.5 Å². The highest BCUT2D eigenvalue weighted by molar-refractivity contribution is 5.14. The van der Waals surface area contributed by atoms with Gasteiger partial charge in [0, 0.05) is 6.54 Å². The molecule has 1 rings (SSSR count). The van der Waals surface area contributed by atoms with Crippen molar-refractivity contribution in [3.63, 3.8) is 0 Å². The van der Waals surface area contributed by atoms with Crippen LogP contribution in [0.3, 0.4) is 0 Å². The van der Waals surface area contributed by atoms with Crippen molar-refractivity contribution in [1.82, 2.24) is 5.32 Å². The van der Waals surface area contributed by atoms with Crippen LogP contribution in [0.1, 0.15) is 18.9 Å². The highest BCUT2D eigenvalue weighted by atomic mass is 19.4. The fraction of sp³-hybridized carbons (Fsp3) is 0.385. The van der Waals surface area contributed by atoms with Gasteiger partial charge in [-0.2, -0.15) is 13.2 Å². The molecule has 0 fully saturated rings. The van der Waals surface area contributed by atoms with Crippen LogP contribution >= 0.6 is 0 Å². The molecule has 0 aliphatic rings. The Labute approximate surface area is 99.3 Å². The summed E-state index contributed by atoms with van der Waals surface area (Å²) in [5.74, 6) is 0. The summed E-state index contributed by atoms with van der Waals surface area (Å²) in [7, 11) is 0. The molecule has 0 heterocycles. The van der Waals surface area contributed by atoms with E-state index in [1.54, 1.807) is 31.2 Å². The zero-order chi connectivity index (χ0) is 12.9. The number of rotatable bonds is 5. The summed E-state index contributed by atoms with van der Waals surface area (Å²) in [6.45, 7) is 5.33. The molecular weight excluding hydrogens is 227 g/mol. The summed E-state index contributed by atoms with van der Waals surface area (Å²) in [6.07, 6.45) is -4.33. The number of halogens is 3. The van der Waals surface area contributed by atoms with Crippen molar-refractivity contribution in [2.45, 2.75) is 32.1 Å². The lowest BCUT2D eigenvalue weighted by Crippen LogP contribution is -2.41. The Morgan fingerprint density at radius 2 is 1.88 bits per heavy atom. The molecule has 1 N–H and O–H groups in total. The lowest BCUT2D eigenvalue weighted by atomic mass is 10.1. The normalized spacial score (nSPS) is 13.4. The average Bonchev–Trinajstić information content (AvgIpc) is 2.23. The second-order valence-corrected chi connectivity index (χ2v) is 4.12. The minimum absolute atomic E-state index is 0.0870. The van der Waals surface area contributed by atoms with Crippen molar-refractivity contribution in [2.75, 3.05) is 0 Å². The van der Waals surface area contributed by atoms with Crippen LogP contribution in [0.4, 0.5) is 13.2 Å². The van der Waals surface area contributed by atoms with Gasteiger partial charge in [-0.1, -0.05) is 35.9 Å². The van der Waals surface area contributed by atoms with E-state index in [1.807, 2.05) is 6.07 Å². The summed E-state index contributed by atoms with van der Waals surface area (Å²) in [5.41, 5.74) is 1.36. The zero-order valence-electron chi connectivity index (χ0n) is 9.72.